The number of aliphatic hydroxyl groups is 1. The molecule has 1 aromatic carbocycles. The fourth-order valence-electron chi connectivity index (χ4n) is 6.48. The summed E-state index contributed by atoms with van der Waals surface area (Å²) in [5, 5.41) is 33.0. The van der Waals surface area contributed by atoms with E-state index in [0.29, 0.717) is 5.56 Å². The van der Waals surface area contributed by atoms with Crippen molar-refractivity contribution in [2.45, 2.75) is 83.2 Å². The summed E-state index contributed by atoms with van der Waals surface area (Å²) in [5.74, 6) is -2.13. The van der Waals surface area contributed by atoms with Crippen LogP contribution < -0.4 is 4.74 Å². The maximum absolute atomic E-state index is 14.0. The summed E-state index contributed by atoms with van der Waals surface area (Å²) in [7, 11) is 0. The van der Waals surface area contributed by atoms with Crippen molar-refractivity contribution in [3.05, 3.63) is 52.1 Å². The number of benzene rings is 1. The molecule has 1 spiro atoms. The van der Waals surface area contributed by atoms with Gasteiger partial charge in [0, 0.05) is 29.5 Å². The highest BCUT2D eigenvalue weighted by Crippen LogP contribution is 2.69. The van der Waals surface area contributed by atoms with Gasteiger partial charge in [0.15, 0.2) is 17.0 Å². The van der Waals surface area contributed by atoms with Gasteiger partial charge in [0.1, 0.15) is 28.4 Å². The number of ketones is 2. The lowest BCUT2D eigenvalue weighted by Gasteiger charge is -2.58. The fourth-order valence-corrected chi connectivity index (χ4v) is 6.48. The molecule has 4 bridgehead atoms. The van der Waals surface area contributed by atoms with Crippen LogP contribution in [0.1, 0.15) is 70.3 Å². The zero-order valence-corrected chi connectivity index (χ0v) is 21.0. The van der Waals surface area contributed by atoms with Crippen molar-refractivity contribution in [3.8, 4) is 17.2 Å². The zero-order valence-electron chi connectivity index (χ0n) is 21.0. The van der Waals surface area contributed by atoms with Gasteiger partial charge in [-0.25, -0.2) is 0 Å². The molecule has 1 saturated carbocycles. The topological polar surface area (TPSA) is 113 Å². The molecule has 4 atom stereocenters. The third-order valence-electron chi connectivity index (χ3n) is 8.01. The van der Waals surface area contributed by atoms with E-state index in [4.69, 9.17) is 9.47 Å². The van der Waals surface area contributed by atoms with E-state index in [0.717, 1.165) is 17.2 Å². The van der Waals surface area contributed by atoms with Gasteiger partial charge in [0.25, 0.3) is 0 Å². The van der Waals surface area contributed by atoms with E-state index >= 15 is 0 Å². The molecule has 0 radical (unpaired) electrons. The molecule has 1 aromatic rings. The van der Waals surface area contributed by atoms with Gasteiger partial charge >= 0.3 is 0 Å². The third-order valence-corrected chi connectivity index (χ3v) is 8.01. The van der Waals surface area contributed by atoms with E-state index in [1.807, 2.05) is 53.7 Å². The standard InChI is InChI=1S/C28H32O7/c1-14(2)7-8-16-18(29)11-19(30)21-22(31)17-12-26(33)13-20-25(5,6)35-27(24(26)32,10-9-15(3)4)28(17,20)34-23(16)21/h7,9,11-12,20,29-30,33H,8,10,13H2,1-6H3/t20-,26-,27-,28+/m1/s1. The number of carbonyl (C=O) groups is 2. The number of rotatable bonds is 4. The minimum absolute atomic E-state index is 0.0512. The molecule has 2 fully saturated rings. The van der Waals surface area contributed by atoms with Crippen LogP contribution in [0.4, 0.5) is 0 Å². The average molecular weight is 481 g/mol. The molecule has 0 unspecified atom stereocenters. The van der Waals surface area contributed by atoms with Crippen LogP contribution in [0, 0.1) is 5.92 Å². The number of hydrogen-bond acceptors (Lipinski definition) is 7. The third kappa shape index (κ3) is 2.85. The molecule has 2 aliphatic heterocycles. The van der Waals surface area contributed by atoms with Crippen LogP contribution in [0.3, 0.4) is 0 Å². The minimum atomic E-state index is -1.88. The van der Waals surface area contributed by atoms with Crippen LogP contribution in [0.25, 0.3) is 0 Å². The van der Waals surface area contributed by atoms with Crippen molar-refractivity contribution in [1.82, 2.24) is 0 Å². The Morgan fingerprint density at radius 1 is 1.09 bits per heavy atom. The first-order valence-electron chi connectivity index (χ1n) is 12.0. The van der Waals surface area contributed by atoms with E-state index in [-0.39, 0.29) is 41.9 Å². The number of fused-ring (bicyclic) bond motifs is 1. The second kappa shape index (κ2) is 7.08. The van der Waals surface area contributed by atoms with Gasteiger partial charge in [-0.1, -0.05) is 23.3 Å². The largest absolute Gasteiger partial charge is 0.507 e. The first-order chi connectivity index (χ1) is 16.2. The number of carbonyl (C=O) groups excluding carboxylic acids is 2. The summed E-state index contributed by atoms with van der Waals surface area (Å²) in [6, 6.07) is 1.14. The summed E-state index contributed by atoms with van der Waals surface area (Å²) in [4.78, 5) is 28.0. The first kappa shape index (κ1) is 23.8. The number of phenols is 2. The minimum Gasteiger partial charge on any atom is -0.507 e. The Balaban J connectivity index is 1.85. The van der Waals surface area contributed by atoms with Gasteiger partial charge in [0.05, 0.1) is 5.60 Å². The van der Waals surface area contributed by atoms with Gasteiger partial charge in [0.2, 0.25) is 5.78 Å². The maximum Gasteiger partial charge on any atom is 0.204 e. The van der Waals surface area contributed by atoms with Crippen LogP contribution >= 0.6 is 0 Å². The molecule has 2 heterocycles. The lowest BCUT2D eigenvalue weighted by molar-refractivity contribution is -0.186. The SMILES string of the molecule is CC(C)=CCc1c(O)cc(O)c2c1O[C@@]13C(=C[C@@]4(O)C[C@@H]1C(C)(C)O[C@]3(CC=C(C)C)C4=O)C2=O. The predicted octanol–water partition coefficient (Wildman–Crippen LogP) is 4.08. The summed E-state index contributed by atoms with van der Waals surface area (Å²) in [5.41, 5.74) is -3.55. The van der Waals surface area contributed by atoms with Gasteiger partial charge < -0.3 is 24.8 Å². The number of hydrogen-bond donors (Lipinski definition) is 3. The Morgan fingerprint density at radius 3 is 2.37 bits per heavy atom. The van der Waals surface area contributed by atoms with Crippen molar-refractivity contribution in [3.63, 3.8) is 0 Å². The van der Waals surface area contributed by atoms with Crippen LogP contribution in [-0.4, -0.2) is 49.3 Å². The Labute approximate surface area is 204 Å². The van der Waals surface area contributed by atoms with Gasteiger partial charge in [-0.2, -0.15) is 0 Å². The number of phenolic OH excluding ortho intramolecular Hbond substituents is 2. The molecule has 3 N–H and O–H groups in total. The average Bonchev–Trinajstić information content (AvgIpc) is 2.90. The number of aromatic hydroxyl groups is 2. The molecule has 7 heteroatoms. The van der Waals surface area contributed by atoms with Crippen molar-refractivity contribution in [2.75, 3.05) is 0 Å². The molecular formula is C28H32O7. The lowest BCUT2D eigenvalue weighted by Crippen LogP contribution is -2.76. The van der Waals surface area contributed by atoms with Crippen molar-refractivity contribution >= 4 is 11.6 Å². The van der Waals surface area contributed by atoms with E-state index < -0.39 is 45.6 Å². The van der Waals surface area contributed by atoms with E-state index in [1.165, 1.54) is 6.08 Å². The maximum atomic E-state index is 14.0. The summed E-state index contributed by atoms with van der Waals surface area (Å²) < 4.78 is 13.3. The molecule has 7 nitrogen and oxygen atoms in total. The molecule has 6 rings (SSSR count). The number of Topliss-reactive ketones (excluding diaryl/α,β-unsaturated/α-hetero) is 2. The molecule has 35 heavy (non-hydrogen) atoms. The fraction of sp³-hybridized carbons (Fsp3) is 0.500. The Bertz CT molecular complexity index is 1270. The number of ether oxygens (including phenoxy) is 2. The Kier molecular flexibility index (Phi) is 4.82. The van der Waals surface area contributed by atoms with Crippen molar-refractivity contribution in [1.29, 1.82) is 0 Å². The molecule has 1 saturated heterocycles. The monoisotopic (exact) mass is 480 g/mol. The van der Waals surface area contributed by atoms with Gasteiger partial charge in [-0.3, -0.25) is 9.59 Å². The Hall–Kier alpha value is -2.90. The normalized spacial score (nSPS) is 33.5. The predicted molar refractivity (Wildman–Crippen MR) is 129 cm³/mol. The highest BCUT2D eigenvalue weighted by Gasteiger charge is 2.84. The Morgan fingerprint density at radius 2 is 1.74 bits per heavy atom. The lowest BCUT2D eigenvalue weighted by atomic mass is 9.49. The first-order valence-corrected chi connectivity index (χ1v) is 12.0. The molecule has 0 amide bonds. The molecule has 3 aliphatic carbocycles. The highest BCUT2D eigenvalue weighted by molar-refractivity contribution is 6.19. The van der Waals surface area contributed by atoms with E-state index in [2.05, 4.69) is 0 Å². The molecule has 0 aromatic heterocycles. The highest BCUT2D eigenvalue weighted by atomic mass is 16.6. The second-order valence-corrected chi connectivity index (χ2v) is 11.3. The molecule has 186 valence electrons. The quantitative estimate of drug-likeness (QED) is 0.557. The van der Waals surface area contributed by atoms with Crippen molar-refractivity contribution < 1.29 is 34.4 Å². The summed E-state index contributed by atoms with van der Waals surface area (Å²) >= 11 is 0. The van der Waals surface area contributed by atoms with Crippen LogP contribution in [0.15, 0.2) is 41.0 Å². The van der Waals surface area contributed by atoms with Crippen LogP contribution in [-0.2, 0) is 16.0 Å². The number of allylic oxidation sites excluding steroid dienone is 3. The van der Waals surface area contributed by atoms with Gasteiger partial charge in [-0.05, 0) is 60.5 Å². The van der Waals surface area contributed by atoms with Crippen LogP contribution in [0.2, 0.25) is 0 Å². The summed E-state index contributed by atoms with van der Waals surface area (Å²) in [6.07, 6.45) is 5.50. The second-order valence-electron chi connectivity index (χ2n) is 11.3. The molecular weight excluding hydrogens is 448 g/mol. The van der Waals surface area contributed by atoms with Crippen LogP contribution in [0.5, 0.6) is 17.2 Å². The zero-order chi connectivity index (χ0) is 25.7. The smallest absolute Gasteiger partial charge is 0.204 e. The van der Waals surface area contributed by atoms with Gasteiger partial charge in [-0.15, -0.1) is 0 Å². The molecule has 5 aliphatic rings. The van der Waals surface area contributed by atoms with E-state index in [1.54, 1.807) is 0 Å². The summed E-state index contributed by atoms with van der Waals surface area (Å²) in [6.45, 7) is 11.3. The van der Waals surface area contributed by atoms with E-state index in [9.17, 15) is 24.9 Å². The van der Waals surface area contributed by atoms with Crippen molar-refractivity contribution in [2.24, 2.45) is 5.92 Å².